The predicted octanol–water partition coefficient (Wildman–Crippen LogP) is 5.46. The van der Waals surface area contributed by atoms with Crippen LogP contribution in [-0.4, -0.2) is 30.3 Å². The molecule has 0 aromatic rings. The highest BCUT2D eigenvalue weighted by Gasteiger charge is 2.61. The highest BCUT2D eigenvalue weighted by molar-refractivity contribution is 5.86. The monoisotopic (exact) mass is 406 g/mol. The van der Waals surface area contributed by atoms with Crippen LogP contribution in [0.2, 0.25) is 0 Å². The van der Waals surface area contributed by atoms with Gasteiger partial charge in [0.1, 0.15) is 0 Å². The summed E-state index contributed by atoms with van der Waals surface area (Å²) in [6, 6.07) is 0. The van der Waals surface area contributed by atoms with Crippen molar-refractivity contribution in [1.29, 1.82) is 0 Å². The maximum atomic E-state index is 14.0. The van der Waals surface area contributed by atoms with Crippen LogP contribution in [0.4, 0.5) is 13.2 Å². The van der Waals surface area contributed by atoms with Gasteiger partial charge in [-0.25, -0.2) is 4.79 Å². The summed E-state index contributed by atoms with van der Waals surface area (Å²) in [4.78, 5) is 22.9. The van der Waals surface area contributed by atoms with E-state index in [1.165, 1.54) is 13.8 Å². The third-order valence-corrected chi connectivity index (χ3v) is 5.68. The number of carbonyl (C=O) groups excluding carboxylic acids is 2. The molecule has 28 heavy (non-hydrogen) atoms. The molecule has 0 bridgehead atoms. The van der Waals surface area contributed by atoms with Gasteiger partial charge >= 0.3 is 18.1 Å². The number of rotatable bonds is 9. The molecule has 4 unspecified atom stereocenters. The molecule has 0 heterocycles. The van der Waals surface area contributed by atoms with E-state index in [0.29, 0.717) is 30.8 Å². The largest absolute Gasteiger partial charge is 0.462 e. The number of esters is 2. The molecule has 0 aromatic carbocycles. The fourth-order valence-electron chi connectivity index (χ4n) is 4.29. The molecule has 0 spiro atoms. The second-order valence-electron chi connectivity index (χ2n) is 8.49. The van der Waals surface area contributed by atoms with Crippen LogP contribution in [0.25, 0.3) is 0 Å². The zero-order valence-corrected chi connectivity index (χ0v) is 17.5. The molecule has 1 fully saturated rings. The molecule has 4 atom stereocenters. The Kier molecular flexibility index (Phi) is 8.57. The second-order valence-corrected chi connectivity index (χ2v) is 8.49. The standard InChI is InChI=1S/C21H33F3O4/c1-13(2)19(26)27-9-7-8-17-10-15(5)11-18(17)12-20(14(3)4,21(22,23)24)28-16(6)25/h14-15,17-18H,1,7-12H2,2-6H3. The fraction of sp³-hybridized carbons (Fsp3) is 0.810. The molecular weight excluding hydrogens is 373 g/mol. The zero-order chi connectivity index (χ0) is 21.7. The number of halogens is 3. The van der Waals surface area contributed by atoms with Crippen molar-refractivity contribution in [3.05, 3.63) is 12.2 Å². The van der Waals surface area contributed by atoms with Crippen LogP contribution in [0.3, 0.4) is 0 Å². The molecular formula is C21H33F3O4. The number of alkyl halides is 3. The minimum absolute atomic E-state index is 0.0783. The van der Waals surface area contributed by atoms with Gasteiger partial charge in [0.2, 0.25) is 5.60 Å². The molecule has 0 amide bonds. The Labute approximate surface area is 165 Å². The lowest BCUT2D eigenvalue weighted by Crippen LogP contribution is -2.54. The van der Waals surface area contributed by atoms with Crippen LogP contribution >= 0.6 is 0 Å². The highest BCUT2D eigenvalue weighted by Crippen LogP contribution is 2.50. The van der Waals surface area contributed by atoms with Crippen LogP contribution < -0.4 is 0 Å². The Morgan fingerprint density at radius 2 is 1.71 bits per heavy atom. The van der Waals surface area contributed by atoms with Gasteiger partial charge in [0, 0.05) is 18.4 Å². The number of hydrogen-bond donors (Lipinski definition) is 0. The van der Waals surface area contributed by atoms with Crippen LogP contribution in [0.5, 0.6) is 0 Å². The normalized spacial score (nSPS) is 24.7. The molecule has 1 aliphatic carbocycles. The second kappa shape index (κ2) is 9.79. The molecule has 162 valence electrons. The molecule has 0 radical (unpaired) electrons. The van der Waals surface area contributed by atoms with E-state index in [9.17, 15) is 22.8 Å². The Balaban J connectivity index is 2.86. The summed E-state index contributed by atoms with van der Waals surface area (Å²) >= 11 is 0. The van der Waals surface area contributed by atoms with Crippen molar-refractivity contribution in [3.63, 3.8) is 0 Å². The maximum Gasteiger partial charge on any atom is 0.428 e. The van der Waals surface area contributed by atoms with Crippen molar-refractivity contribution in [2.24, 2.45) is 23.7 Å². The van der Waals surface area contributed by atoms with Gasteiger partial charge in [-0.3, -0.25) is 4.79 Å². The van der Waals surface area contributed by atoms with Crippen molar-refractivity contribution in [1.82, 2.24) is 0 Å². The molecule has 1 rings (SSSR count). The highest BCUT2D eigenvalue weighted by atomic mass is 19.4. The van der Waals surface area contributed by atoms with Gasteiger partial charge in [-0.2, -0.15) is 13.2 Å². The minimum atomic E-state index is -4.64. The summed E-state index contributed by atoms with van der Waals surface area (Å²) in [5, 5.41) is 0. The third-order valence-electron chi connectivity index (χ3n) is 5.68. The van der Waals surface area contributed by atoms with Crippen molar-refractivity contribution < 1.29 is 32.2 Å². The van der Waals surface area contributed by atoms with E-state index in [1.54, 1.807) is 6.92 Å². The lowest BCUT2D eigenvalue weighted by molar-refractivity contribution is -0.290. The molecule has 7 heteroatoms. The lowest BCUT2D eigenvalue weighted by Gasteiger charge is -2.41. The molecule has 1 aliphatic rings. The van der Waals surface area contributed by atoms with E-state index >= 15 is 0 Å². The topological polar surface area (TPSA) is 52.6 Å². The minimum Gasteiger partial charge on any atom is -0.462 e. The van der Waals surface area contributed by atoms with Crippen molar-refractivity contribution in [2.45, 2.75) is 78.5 Å². The first-order valence-corrected chi connectivity index (χ1v) is 9.89. The molecule has 1 saturated carbocycles. The average molecular weight is 406 g/mol. The molecule has 0 aliphatic heterocycles. The first-order valence-electron chi connectivity index (χ1n) is 9.89. The Bertz CT molecular complexity index is 570. The Morgan fingerprint density at radius 1 is 1.14 bits per heavy atom. The third kappa shape index (κ3) is 6.24. The summed E-state index contributed by atoms with van der Waals surface area (Å²) in [6.07, 6.45) is -2.12. The smallest absolute Gasteiger partial charge is 0.428 e. The zero-order valence-electron chi connectivity index (χ0n) is 17.5. The van der Waals surface area contributed by atoms with E-state index in [2.05, 4.69) is 6.58 Å². The van der Waals surface area contributed by atoms with Crippen LogP contribution in [0, 0.1) is 23.7 Å². The molecule has 4 nitrogen and oxygen atoms in total. The van der Waals surface area contributed by atoms with E-state index in [4.69, 9.17) is 9.47 Å². The van der Waals surface area contributed by atoms with Gasteiger partial charge in [-0.15, -0.1) is 0 Å². The van der Waals surface area contributed by atoms with Gasteiger partial charge < -0.3 is 9.47 Å². The SMILES string of the molecule is C=C(C)C(=O)OCCCC1CC(C)CC1CC(OC(C)=O)(C(C)C)C(F)(F)F. The predicted molar refractivity (Wildman–Crippen MR) is 100 cm³/mol. The van der Waals surface area contributed by atoms with Crippen LogP contribution in [0.15, 0.2) is 12.2 Å². The van der Waals surface area contributed by atoms with Crippen LogP contribution in [0.1, 0.15) is 66.7 Å². The average Bonchev–Trinajstić information content (AvgIpc) is 2.88. The summed E-state index contributed by atoms with van der Waals surface area (Å²) in [5.41, 5.74) is -2.15. The molecule has 0 N–H and O–H groups in total. The van der Waals surface area contributed by atoms with Crippen molar-refractivity contribution in [2.75, 3.05) is 6.61 Å². The van der Waals surface area contributed by atoms with E-state index in [1.807, 2.05) is 6.92 Å². The fourth-order valence-corrected chi connectivity index (χ4v) is 4.29. The summed E-state index contributed by atoms with van der Waals surface area (Å²) < 4.78 is 52.0. The van der Waals surface area contributed by atoms with Gasteiger partial charge in [-0.05, 0) is 56.8 Å². The number of hydrogen-bond acceptors (Lipinski definition) is 4. The van der Waals surface area contributed by atoms with Gasteiger partial charge in [0.05, 0.1) is 6.61 Å². The first kappa shape index (κ1) is 24.5. The number of carbonyl (C=O) groups is 2. The van der Waals surface area contributed by atoms with E-state index in [-0.39, 0.29) is 24.9 Å². The van der Waals surface area contributed by atoms with Gasteiger partial charge in [0.15, 0.2) is 0 Å². The summed E-state index contributed by atoms with van der Waals surface area (Å²) in [5.74, 6) is -2.07. The molecule has 0 aromatic heterocycles. The molecule has 0 saturated heterocycles. The Morgan fingerprint density at radius 3 is 2.18 bits per heavy atom. The Hall–Kier alpha value is -1.53. The maximum absolute atomic E-state index is 14.0. The summed E-state index contributed by atoms with van der Waals surface area (Å²) in [7, 11) is 0. The van der Waals surface area contributed by atoms with E-state index < -0.39 is 29.6 Å². The van der Waals surface area contributed by atoms with E-state index in [0.717, 1.165) is 13.3 Å². The number of ether oxygens (including phenoxy) is 2. The first-order chi connectivity index (χ1) is 12.8. The van der Waals surface area contributed by atoms with Gasteiger partial charge in [-0.1, -0.05) is 27.4 Å². The summed E-state index contributed by atoms with van der Waals surface area (Å²) in [6.45, 7) is 11.2. The van der Waals surface area contributed by atoms with Crippen molar-refractivity contribution in [3.8, 4) is 0 Å². The van der Waals surface area contributed by atoms with Crippen LogP contribution in [-0.2, 0) is 19.1 Å². The quantitative estimate of drug-likeness (QED) is 0.290. The van der Waals surface area contributed by atoms with Gasteiger partial charge in [0.25, 0.3) is 0 Å². The lowest BCUT2D eigenvalue weighted by atomic mass is 9.76. The van der Waals surface area contributed by atoms with Crippen molar-refractivity contribution >= 4 is 11.9 Å².